The molecule has 1 aromatic heterocycles. The Morgan fingerprint density at radius 1 is 1.17 bits per heavy atom. The molecule has 18 heavy (non-hydrogen) atoms. The molecule has 1 aromatic carbocycles. The molecule has 0 spiro atoms. The van der Waals surface area contributed by atoms with Gasteiger partial charge in [0, 0.05) is 0 Å². The molecule has 0 bridgehead atoms. The van der Waals surface area contributed by atoms with Gasteiger partial charge in [0.2, 0.25) is 0 Å². The molecule has 4 nitrogen and oxygen atoms in total. The van der Waals surface area contributed by atoms with Gasteiger partial charge < -0.3 is 5.11 Å². The summed E-state index contributed by atoms with van der Waals surface area (Å²) < 4.78 is 1.71. The maximum atomic E-state index is 9.14. The van der Waals surface area contributed by atoms with Gasteiger partial charge in [0.25, 0.3) is 0 Å². The normalized spacial score (nSPS) is 11.8. The van der Waals surface area contributed by atoms with Crippen molar-refractivity contribution < 1.29 is 5.11 Å². The van der Waals surface area contributed by atoms with Crippen molar-refractivity contribution in [2.75, 3.05) is 0 Å². The van der Waals surface area contributed by atoms with E-state index in [0.717, 1.165) is 11.3 Å². The van der Waals surface area contributed by atoms with Crippen LogP contribution in [0.2, 0.25) is 0 Å². The monoisotopic (exact) mass is 245 g/mol. The Hall–Kier alpha value is -1.68. The van der Waals surface area contributed by atoms with E-state index in [1.807, 2.05) is 0 Å². The van der Waals surface area contributed by atoms with Crippen molar-refractivity contribution in [1.29, 1.82) is 0 Å². The van der Waals surface area contributed by atoms with Crippen molar-refractivity contribution in [2.24, 2.45) is 0 Å². The largest absolute Gasteiger partial charge is 0.390 e. The van der Waals surface area contributed by atoms with Crippen molar-refractivity contribution in [3.8, 4) is 0 Å². The van der Waals surface area contributed by atoms with Gasteiger partial charge >= 0.3 is 0 Å². The van der Waals surface area contributed by atoms with Gasteiger partial charge in [-0.1, -0.05) is 50.3 Å². The molecule has 96 valence electrons. The molecule has 0 unspecified atom stereocenters. The molecular weight excluding hydrogens is 226 g/mol. The van der Waals surface area contributed by atoms with E-state index >= 15 is 0 Å². The summed E-state index contributed by atoms with van der Waals surface area (Å²) in [7, 11) is 0. The molecule has 0 saturated heterocycles. The van der Waals surface area contributed by atoms with Crippen molar-refractivity contribution in [3.63, 3.8) is 0 Å². The van der Waals surface area contributed by atoms with Gasteiger partial charge in [0.15, 0.2) is 0 Å². The summed E-state index contributed by atoms with van der Waals surface area (Å²) in [6, 6.07) is 8.49. The quantitative estimate of drug-likeness (QED) is 0.901. The lowest BCUT2D eigenvalue weighted by Gasteiger charge is -2.19. The second-order valence-electron chi connectivity index (χ2n) is 5.49. The number of benzene rings is 1. The average Bonchev–Trinajstić information content (AvgIpc) is 2.76. The molecule has 1 N–H and O–H groups in total. The lowest BCUT2D eigenvalue weighted by Crippen LogP contribution is -2.11. The molecule has 4 heteroatoms. The fourth-order valence-corrected chi connectivity index (χ4v) is 1.82. The summed E-state index contributed by atoms with van der Waals surface area (Å²) in [5.41, 5.74) is 3.37. The Morgan fingerprint density at radius 3 is 2.39 bits per heavy atom. The topological polar surface area (TPSA) is 50.9 Å². The molecule has 0 atom stereocenters. The molecule has 0 saturated carbocycles. The molecule has 0 radical (unpaired) electrons. The number of nitrogens with zero attached hydrogens (tertiary/aromatic N) is 3. The van der Waals surface area contributed by atoms with Crippen LogP contribution in [0.3, 0.4) is 0 Å². The first-order valence-corrected chi connectivity index (χ1v) is 6.08. The van der Waals surface area contributed by atoms with Crippen molar-refractivity contribution in [1.82, 2.24) is 15.0 Å². The Labute approximate surface area is 107 Å². The van der Waals surface area contributed by atoms with Crippen LogP contribution in [-0.4, -0.2) is 20.1 Å². The third-order valence-electron chi connectivity index (χ3n) is 3.01. The predicted octanol–water partition coefficient (Wildman–Crippen LogP) is 2.12. The zero-order chi connectivity index (χ0) is 13.2. The lowest BCUT2D eigenvalue weighted by molar-refractivity contribution is 0.269. The molecule has 0 aliphatic carbocycles. The highest BCUT2D eigenvalue weighted by Gasteiger charge is 2.13. The van der Waals surface area contributed by atoms with Crippen LogP contribution < -0.4 is 0 Å². The summed E-state index contributed by atoms with van der Waals surface area (Å²) in [6.45, 7) is 7.20. The Balaban J connectivity index is 2.16. The summed E-state index contributed by atoms with van der Waals surface area (Å²) in [5.74, 6) is 0. The first-order chi connectivity index (χ1) is 8.50. The molecule has 0 fully saturated rings. The lowest BCUT2D eigenvalue weighted by atomic mass is 9.87. The first-order valence-electron chi connectivity index (χ1n) is 6.08. The van der Waals surface area contributed by atoms with Gasteiger partial charge in [-0.15, -0.1) is 5.10 Å². The highest BCUT2D eigenvalue weighted by Crippen LogP contribution is 2.22. The van der Waals surface area contributed by atoms with Crippen molar-refractivity contribution in [3.05, 3.63) is 47.3 Å². The van der Waals surface area contributed by atoms with E-state index in [1.165, 1.54) is 5.56 Å². The van der Waals surface area contributed by atoms with Crippen LogP contribution in [0.4, 0.5) is 0 Å². The minimum absolute atomic E-state index is 0.0346. The van der Waals surface area contributed by atoms with Crippen LogP contribution in [0.1, 0.15) is 37.6 Å². The Kier molecular flexibility index (Phi) is 3.48. The maximum absolute atomic E-state index is 9.14. The zero-order valence-corrected chi connectivity index (χ0v) is 11.1. The number of aromatic nitrogens is 3. The van der Waals surface area contributed by atoms with Gasteiger partial charge in [-0.3, -0.25) is 0 Å². The van der Waals surface area contributed by atoms with Gasteiger partial charge in [-0.25, -0.2) is 4.68 Å². The molecular formula is C14H19N3O. The third-order valence-corrected chi connectivity index (χ3v) is 3.01. The van der Waals surface area contributed by atoms with Crippen LogP contribution in [0.15, 0.2) is 30.5 Å². The summed E-state index contributed by atoms with van der Waals surface area (Å²) in [5, 5.41) is 16.9. The van der Waals surface area contributed by atoms with E-state index in [2.05, 4.69) is 55.3 Å². The predicted molar refractivity (Wildman–Crippen MR) is 70.2 cm³/mol. The van der Waals surface area contributed by atoms with E-state index in [1.54, 1.807) is 10.9 Å². The van der Waals surface area contributed by atoms with E-state index < -0.39 is 0 Å². The summed E-state index contributed by atoms with van der Waals surface area (Å²) in [4.78, 5) is 0. The van der Waals surface area contributed by atoms with Gasteiger partial charge in [0.05, 0.1) is 25.0 Å². The second kappa shape index (κ2) is 4.90. The van der Waals surface area contributed by atoms with Crippen LogP contribution in [-0.2, 0) is 18.6 Å². The van der Waals surface area contributed by atoms with E-state index in [4.69, 9.17) is 5.11 Å². The molecule has 0 aliphatic heterocycles. The molecule has 0 aliphatic rings. The van der Waals surface area contributed by atoms with Gasteiger partial charge in [-0.05, 0) is 16.5 Å². The van der Waals surface area contributed by atoms with Crippen LogP contribution >= 0.6 is 0 Å². The van der Waals surface area contributed by atoms with E-state index in [-0.39, 0.29) is 12.0 Å². The smallest absolute Gasteiger partial charge is 0.0866 e. The zero-order valence-electron chi connectivity index (χ0n) is 11.1. The summed E-state index contributed by atoms with van der Waals surface area (Å²) in [6.07, 6.45) is 1.59. The number of rotatable bonds is 3. The van der Waals surface area contributed by atoms with E-state index in [0.29, 0.717) is 6.54 Å². The highest BCUT2D eigenvalue weighted by molar-refractivity contribution is 5.27. The van der Waals surface area contributed by atoms with Gasteiger partial charge in [0.1, 0.15) is 0 Å². The molecule has 2 rings (SSSR count). The van der Waals surface area contributed by atoms with Crippen LogP contribution in [0.5, 0.6) is 0 Å². The average molecular weight is 245 g/mol. The minimum atomic E-state index is -0.0346. The third kappa shape index (κ3) is 2.76. The SMILES string of the molecule is CC(C)(C)c1ccc(Cn2nncc2CO)cc1. The fourth-order valence-electron chi connectivity index (χ4n) is 1.82. The fraction of sp³-hybridized carbons (Fsp3) is 0.429. The number of hydrogen-bond acceptors (Lipinski definition) is 3. The minimum Gasteiger partial charge on any atom is -0.390 e. The highest BCUT2D eigenvalue weighted by atomic mass is 16.3. The number of aliphatic hydroxyl groups is 1. The first kappa shape index (κ1) is 12.8. The van der Waals surface area contributed by atoms with Crippen LogP contribution in [0.25, 0.3) is 0 Å². The van der Waals surface area contributed by atoms with Gasteiger partial charge in [-0.2, -0.15) is 0 Å². The summed E-state index contributed by atoms with van der Waals surface area (Å²) >= 11 is 0. The molecule has 1 heterocycles. The van der Waals surface area contributed by atoms with E-state index in [9.17, 15) is 0 Å². The number of hydrogen-bond donors (Lipinski definition) is 1. The standard InChI is InChI=1S/C14H19N3O/c1-14(2,3)12-6-4-11(5-7-12)9-17-13(10-18)8-15-16-17/h4-8,18H,9-10H2,1-3H3. The molecule has 2 aromatic rings. The second-order valence-corrected chi connectivity index (χ2v) is 5.49. The molecule has 0 amide bonds. The van der Waals surface area contributed by atoms with Crippen molar-refractivity contribution in [2.45, 2.75) is 39.3 Å². The van der Waals surface area contributed by atoms with Crippen LogP contribution in [0, 0.1) is 0 Å². The maximum Gasteiger partial charge on any atom is 0.0866 e. The van der Waals surface area contributed by atoms with Crippen molar-refractivity contribution >= 4 is 0 Å². The Bertz CT molecular complexity index is 509. The Morgan fingerprint density at radius 2 is 1.83 bits per heavy atom. The number of aliphatic hydroxyl groups excluding tert-OH is 1.